The molecule has 1 unspecified atom stereocenters. The molecule has 0 spiro atoms. The van der Waals surface area contributed by atoms with Crippen molar-refractivity contribution < 1.29 is 19.3 Å². The van der Waals surface area contributed by atoms with E-state index in [1.165, 1.54) is 0 Å². The Hall–Kier alpha value is -1.10. The maximum atomic E-state index is 9.76. The largest absolute Gasteiger partial charge is 0.491 e. The first-order valence-electron chi connectivity index (χ1n) is 6.40. The predicted octanol–water partition coefficient (Wildman–Crippen LogP) is 1.62. The quantitative estimate of drug-likeness (QED) is 0.836. The van der Waals surface area contributed by atoms with Crippen molar-refractivity contribution in [1.29, 1.82) is 0 Å². The Balaban J connectivity index is 1.61. The van der Waals surface area contributed by atoms with Crippen LogP contribution in [0.4, 0.5) is 0 Å². The molecule has 0 aromatic heterocycles. The molecular weight excluding hydrogens is 232 g/mol. The SMILES string of the molecule is OC(COc1ccccc1)COC1CCOCC1. The molecule has 4 heteroatoms. The van der Waals surface area contributed by atoms with Crippen molar-refractivity contribution in [2.45, 2.75) is 25.0 Å². The van der Waals surface area contributed by atoms with Gasteiger partial charge in [-0.25, -0.2) is 0 Å². The molecular formula is C14H20O4. The summed E-state index contributed by atoms with van der Waals surface area (Å²) in [5.74, 6) is 0.766. The molecule has 0 amide bonds. The van der Waals surface area contributed by atoms with Gasteiger partial charge in [-0.3, -0.25) is 0 Å². The second-order valence-corrected chi connectivity index (χ2v) is 4.42. The number of para-hydroxylation sites is 1. The van der Waals surface area contributed by atoms with E-state index in [0.29, 0.717) is 6.61 Å². The molecule has 1 aliphatic rings. The average Bonchev–Trinajstić information content (AvgIpc) is 2.45. The van der Waals surface area contributed by atoms with Crippen molar-refractivity contribution in [2.24, 2.45) is 0 Å². The van der Waals surface area contributed by atoms with E-state index >= 15 is 0 Å². The van der Waals surface area contributed by atoms with Gasteiger partial charge in [-0.2, -0.15) is 0 Å². The van der Waals surface area contributed by atoms with Crippen molar-refractivity contribution in [2.75, 3.05) is 26.4 Å². The van der Waals surface area contributed by atoms with Gasteiger partial charge in [0.05, 0.1) is 12.7 Å². The lowest BCUT2D eigenvalue weighted by molar-refractivity contribution is -0.0659. The number of aliphatic hydroxyl groups excluding tert-OH is 1. The Morgan fingerprint density at radius 2 is 1.89 bits per heavy atom. The number of ether oxygens (including phenoxy) is 3. The van der Waals surface area contributed by atoms with E-state index in [0.717, 1.165) is 31.8 Å². The summed E-state index contributed by atoms with van der Waals surface area (Å²) in [6.07, 6.45) is 1.44. The van der Waals surface area contributed by atoms with Crippen LogP contribution in [0.5, 0.6) is 5.75 Å². The molecule has 0 saturated carbocycles. The first-order chi connectivity index (χ1) is 8.84. The van der Waals surface area contributed by atoms with Gasteiger partial charge in [0, 0.05) is 13.2 Å². The van der Waals surface area contributed by atoms with Gasteiger partial charge in [-0.15, -0.1) is 0 Å². The molecule has 1 atom stereocenters. The summed E-state index contributed by atoms with van der Waals surface area (Å²) in [5, 5.41) is 9.76. The Morgan fingerprint density at radius 3 is 2.61 bits per heavy atom. The topological polar surface area (TPSA) is 47.9 Å². The molecule has 0 aliphatic carbocycles. The van der Waals surface area contributed by atoms with Crippen molar-refractivity contribution in [3.63, 3.8) is 0 Å². The third-order valence-corrected chi connectivity index (χ3v) is 2.88. The van der Waals surface area contributed by atoms with Gasteiger partial charge in [-0.05, 0) is 25.0 Å². The number of rotatable bonds is 6. The van der Waals surface area contributed by atoms with Crippen LogP contribution >= 0.6 is 0 Å². The summed E-state index contributed by atoms with van der Waals surface area (Å²) in [6, 6.07) is 9.47. The summed E-state index contributed by atoms with van der Waals surface area (Å²) in [5.41, 5.74) is 0. The minimum atomic E-state index is -0.590. The molecule has 1 N–H and O–H groups in total. The van der Waals surface area contributed by atoms with Crippen LogP contribution in [0.25, 0.3) is 0 Å². The van der Waals surface area contributed by atoms with Crippen molar-refractivity contribution in [3.8, 4) is 5.75 Å². The highest BCUT2D eigenvalue weighted by molar-refractivity contribution is 5.20. The number of hydrogen-bond acceptors (Lipinski definition) is 4. The van der Waals surface area contributed by atoms with E-state index in [1.807, 2.05) is 30.3 Å². The lowest BCUT2D eigenvalue weighted by atomic mass is 10.1. The van der Waals surface area contributed by atoms with Crippen LogP contribution in [0.15, 0.2) is 30.3 Å². The van der Waals surface area contributed by atoms with Crippen LogP contribution in [0.1, 0.15) is 12.8 Å². The molecule has 0 radical (unpaired) electrons. The Morgan fingerprint density at radius 1 is 1.17 bits per heavy atom. The van der Waals surface area contributed by atoms with Gasteiger partial charge in [0.1, 0.15) is 18.5 Å². The second-order valence-electron chi connectivity index (χ2n) is 4.42. The van der Waals surface area contributed by atoms with Crippen molar-refractivity contribution >= 4 is 0 Å². The molecule has 1 saturated heterocycles. The molecule has 1 aliphatic heterocycles. The molecule has 18 heavy (non-hydrogen) atoms. The van der Waals surface area contributed by atoms with E-state index in [2.05, 4.69) is 0 Å². The van der Waals surface area contributed by atoms with Crippen LogP contribution in [-0.2, 0) is 9.47 Å². The van der Waals surface area contributed by atoms with Gasteiger partial charge in [-0.1, -0.05) is 18.2 Å². The summed E-state index contributed by atoms with van der Waals surface area (Å²) < 4.78 is 16.3. The molecule has 1 heterocycles. The van der Waals surface area contributed by atoms with E-state index in [9.17, 15) is 5.11 Å². The fraction of sp³-hybridized carbons (Fsp3) is 0.571. The molecule has 4 nitrogen and oxygen atoms in total. The molecule has 100 valence electrons. The number of hydrogen-bond donors (Lipinski definition) is 1. The van der Waals surface area contributed by atoms with Gasteiger partial charge in [0.2, 0.25) is 0 Å². The molecule has 1 aromatic carbocycles. The van der Waals surface area contributed by atoms with Crippen LogP contribution in [0.2, 0.25) is 0 Å². The Labute approximate surface area is 107 Å². The van der Waals surface area contributed by atoms with Crippen LogP contribution in [0, 0.1) is 0 Å². The van der Waals surface area contributed by atoms with E-state index in [4.69, 9.17) is 14.2 Å². The van der Waals surface area contributed by atoms with Crippen molar-refractivity contribution in [3.05, 3.63) is 30.3 Å². The van der Waals surface area contributed by atoms with E-state index in [1.54, 1.807) is 0 Å². The predicted molar refractivity (Wildman–Crippen MR) is 67.7 cm³/mol. The van der Waals surface area contributed by atoms with E-state index < -0.39 is 6.10 Å². The highest BCUT2D eigenvalue weighted by Gasteiger charge is 2.16. The Bertz CT molecular complexity index is 322. The molecule has 1 fully saturated rings. The summed E-state index contributed by atoms with van der Waals surface area (Å²) in [7, 11) is 0. The zero-order chi connectivity index (χ0) is 12.6. The Kier molecular flexibility index (Phi) is 5.45. The first-order valence-corrected chi connectivity index (χ1v) is 6.40. The molecule has 2 rings (SSSR count). The maximum Gasteiger partial charge on any atom is 0.119 e. The van der Waals surface area contributed by atoms with Crippen LogP contribution in [-0.4, -0.2) is 43.7 Å². The fourth-order valence-corrected chi connectivity index (χ4v) is 1.85. The fourth-order valence-electron chi connectivity index (χ4n) is 1.85. The highest BCUT2D eigenvalue weighted by atomic mass is 16.5. The van der Waals surface area contributed by atoms with E-state index in [-0.39, 0.29) is 12.7 Å². The normalized spacial score (nSPS) is 18.5. The average molecular weight is 252 g/mol. The van der Waals surface area contributed by atoms with Crippen molar-refractivity contribution in [1.82, 2.24) is 0 Å². The highest BCUT2D eigenvalue weighted by Crippen LogP contribution is 2.12. The summed E-state index contributed by atoms with van der Waals surface area (Å²) in [4.78, 5) is 0. The van der Waals surface area contributed by atoms with Crippen LogP contribution in [0.3, 0.4) is 0 Å². The lowest BCUT2D eigenvalue weighted by Crippen LogP contribution is -2.30. The summed E-state index contributed by atoms with van der Waals surface area (Å²) >= 11 is 0. The third-order valence-electron chi connectivity index (χ3n) is 2.88. The van der Waals surface area contributed by atoms with Gasteiger partial charge < -0.3 is 19.3 Å². The zero-order valence-corrected chi connectivity index (χ0v) is 10.5. The van der Waals surface area contributed by atoms with Gasteiger partial charge >= 0.3 is 0 Å². The number of benzene rings is 1. The lowest BCUT2D eigenvalue weighted by Gasteiger charge is -2.23. The molecule has 0 bridgehead atoms. The zero-order valence-electron chi connectivity index (χ0n) is 10.5. The molecule has 1 aromatic rings. The van der Waals surface area contributed by atoms with Gasteiger partial charge in [0.25, 0.3) is 0 Å². The second kappa shape index (κ2) is 7.36. The summed E-state index contributed by atoms with van der Waals surface area (Å²) in [6.45, 7) is 2.08. The van der Waals surface area contributed by atoms with Gasteiger partial charge in [0.15, 0.2) is 0 Å². The number of aliphatic hydroxyl groups is 1. The maximum absolute atomic E-state index is 9.76. The third kappa shape index (κ3) is 4.64. The first kappa shape index (κ1) is 13.3. The smallest absolute Gasteiger partial charge is 0.119 e. The minimum Gasteiger partial charge on any atom is -0.491 e. The monoisotopic (exact) mass is 252 g/mol. The van der Waals surface area contributed by atoms with Crippen LogP contribution < -0.4 is 4.74 Å². The standard InChI is InChI=1S/C14H20O4/c15-12(10-17-13-4-2-1-3-5-13)11-18-14-6-8-16-9-7-14/h1-5,12,14-15H,6-11H2. The minimum absolute atomic E-state index is 0.213.